The number of hydrogen-bond acceptors (Lipinski definition) is 3. The Kier molecular flexibility index (Phi) is 3.27. The van der Waals surface area contributed by atoms with Crippen LogP contribution in [0.1, 0.15) is 37.1 Å². The lowest BCUT2D eigenvalue weighted by Crippen LogP contribution is -2.37. The Morgan fingerprint density at radius 2 is 1.80 bits per heavy atom. The van der Waals surface area contributed by atoms with Crippen LogP contribution in [0.5, 0.6) is 0 Å². The zero-order valence-electron chi connectivity index (χ0n) is 12.5. The number of fused-ring (bicyclic) bond motifs is 1. The third kappa shape index (κ3) is 2.49. The standard InChI is InChI=1S/C17H25N3/c1-13-3-2-4-15(18-13)12-20-10-8-16-17(20)7-9-19(16)11-14-5-6-14/h2-4,14,16-17H,5-12H2,1H3/t16-,17+/m1/s1. The quantitative estimate of drug-likeness (QED) is 0.838. The van der Waals surface area contributed by atoms with Crippen molar-refractivity contribution in [1.29, 1.82) is 0 Å². The smallest absolute Gasteiger partial charge is 0.0547 e. The van der Waals surface area contributed by atoms with Gasteiger partial charge in [0, 0.05) is 44.0 Å². The Morgan fingerprint density at radius 3 is 2.55 bits per heavy atom. The van der Waals surface area contributed by atoms with Crippen molar-refractivity contribution in [3.05, 3.63) is 29.6 Å². The molecular formula is C17H25N3. The highest BCUT2D eigenvalue weighted by Crippen LogP contribution is 2.37. The van der Waals surface area contributed by atoms with Crippen LogP contribution in [-0.2, 0) is 6.54 Å². The largest absolute Gasteiger partial charge is 0.298 e. The third-order valence-electron chi connectivity index (χ3n) is 5.31. The van der Waals surface area contributed by atoms with E-state index in [1.807, 2.05) is 0 Å². The van der Waals surface area contributed by atoms with Crippen molar-refractivity contribution < 1.29 is 0 Å². The molecular weight excluding hydrogens is 246 g/mol. The molecule has 0 bridgehead atoms. The van der Waals surface area contributed by atoms with Gasteiger partial charge in [0.15, 0.2) is 0 Å². The van der Waals surface area contributed by atoms with E-state index in [-0.39, 0.29) is 0 Å². The molecule has 1 saturated carbocycles. The monoisotopic (exact) mass is 271 g/mol. The van der Waals surface area contributed by atoms with E-state index in [4.69, 9.17) is 0 Å². The molecule has 0 unspecified atom stereocenters. The lowest BCUT2D eigenvalue weighted by Gasteiger charge is -2.25. The number of hydrogen-bond donors (Lipinski definition) is 0. The van der Waals surface area contributed by atoms with E-state index in [1.165, 1.54) is 51.0 Å². The second-order valence-electron chi connectivity index (χ2n) is 6.89. The highest BCUT2D eigenvalue weighted by atomic mass is 15.3. The zero-order valence-corrected chi connectivity index (χ0v) is 12.5. The van der Waals surface area contributed by atoms with Gasteiger partial charge in [-0.3, -0.25) is 14.8 Å². The first-order valence-electron chi connectivity index (χ1n) is 8.20. The molecule has 108 valence electrons. The molecule has 4 rings (SSSR count). The van der Waals surface area contributed by atoms with Crippen molar-refractivity contribution in [2.45, 2.75) is 51.2 Å². The summed E-state index contributed by atoms with van der Waals surface area (Å²) in [5, 5.41) is 0. The summed E-state index contributed by atoms with van der Waals surface area (Å²) in [6.07, 6.45) is 5.68. The van der Waals surface area contributed by atoms with Crippen LogP contribution >= 0.6 is 0 Å². The Hall–Kier alpha value is -0.930. The van der Waals surface area contributed by atoms with Gasteiger partial charge in [-0.2, -0.15) is 0 Å². The maximum absolute atomic E-state index is 4.67. The molecule has 0 spiro atoms. The van der Waals surface area contributed by atoms with Gasteiger partial charge in [0.25, 0.3) is 0 Å². The van der Waals surface area contributed by atoms with Gasteiger partial charge in [0.2, 0.25) is 0 Å². The predicted octanol–water partition coefficient (Wildman–Crippen LogP) is 2.45. The van der Waals surface area contributed by atoms with Gasteiger partial charge in [-0.25, -0.2) is 0 Å². The van der Waals surface area contributed by atoms with Gasteiger partial charge in [-0.1, -0.05) is 6.07 Å². The van der Waals surface area contributed by atoms with Crippen molar-refractivity contribution in [3.63, 3.8) is 0 Å². The molecule has 3 aliphatic rings. The van der Waals surface area contributed by atoms with Crippen LogP contribution in [0.3, 0.4) is 0 Å². The first-order valence-corrected chi connectivity index (χ1v) is 8.20. The van der Waals surface area contributed by atoms with Crippen LogP contribution in [0.2, 0.25) is 0 Å². The van der Waals surface area contributed by atoms with E-state index in [0.29, 0.717) is 0 Å². The van der Waals surface area contributed by atoms with Crippen molar-refractivity contribution in [2.24, 2.45) is 5.92 Å². The number of likely N-dealkylation sites (tertiary alicyclic amines) is 2. The summed E-state index contributed by atoms with van der Waals surface area (Å²) in [5.41, 5.74) is 2.38. The molecule has 20 heavy (non-hydrogen) atoms. The van der Waals surface area contributed by atoms with Crippen molar-refractivity contribution >= 4 is 0 Å². The Morgan fingerprint density at radius 1 is 1.05 bits per heavy atom. The van der Waals surface area contributed by atoms with Crippen LogP contribution in [0.15, 0.2) is 18.2 Å². The number of aromatic nitrogens is 1. The summed E-state index contributed by atoms with van der Waals surface area (Å²) in [7, 11) is 0. The van der Waals surface area contributed by atoms with Gasteiger partial charge < -0.3 is 0 Å². The topological polar surface area (TPSA) is 19.4 Å². The lowest BCUT2D eigenvalue weighted by atomic mass is 10.1. The summed E-state index contributed by atoms with van der Waals surface area (Å²) in [6.45, 7) is 7.08. The summed E-state index contributed by atoms with van der Waals surface area (Å²) in [5.74, 6) is 1.03. The van der Waals surface area contributed by atoms with E-state index in [1.54, 1.807) is 0 Å². The fraction of sp³-hybridized carbons (Fsp3) is 0.706. The number of nitrogens with zero attached hydrogens (tertiary/aromatic N) is 3. The molecule has 1 aromatic rings. The van der Waals surface area contributed by atoms with E-state index in [0.717, 1.165) is 30.2 Å². The average Bonchev–Trinajstić information content (AvgIpc) is 3.02. The minimum atomic E-state index is 0.788. The summed E-state index contributed by atoms with van der Waals surface area (Å²) < 4.78 is 0. The molecule has 0 amide bonds. The van der Waals surface area contributed by atoms with Gasteiger partial charge >= 0.3 is 0 Å². The first kappa shape index (κ1) is 12.8. The van der Waals surface area contributed by atoms with Crippen LogP contribution in [0, 0.1) is 12.8 Å². The van der Waals surface area contributed by atoms with Crippen LogP contribution in [0.25, 0.3) is 0 Å². The molecule has 0 radical (unpaired) electrons. The SMILES string of the molecule is Cc1cccc(CN2CC[C@@H]3[C@@H]2CCN3CC2CC2)n1. The van der Waals surface area contributed by atoms with E-state index < -0.39 is 0 Å². The molecule has 3 nitrogen and oxygen atoms in total. The highest BCUT2D eigenvalue weighted by Gasteiger charge is 2.43. The molecule has 3 fully saturated rings. The third-order valence-corrected chi connectivity index (χ3v) is 5.31. The number of aryl methyl sites for hydroxylation is 1. The molecule has 3 heterocycles. The fourth-order valence-corrected chi connectivity index (χ4v) is 4.12. The Bertz CT molecular complexity index is 483. The first-order chi connectivity index (χ1) is 9.79. The highest BCUT2D eigenvalue weighted by molar-refractivity contribution is 5.11. The molecule has 2 atom stereocenters. The molecule has 1 aliphatic carbocycles. The molecule has 2 saturated heterocycles. The van der Waals surface area contributed by atoms with Crippen LogP contribution in [0.4, 0.5) is 0 Å². The van der Waals surface area contributed by atoms with E-state index >= 15 is 0 Å². The van der Waals surface area contributed by atoms with Crippen LogP contribution in [-0.4, -0.2) is 46.5 Å². The van der Waals surface area contributed by atoms with Gasteiger partial charge in [-0.15, -0.1) is 0 Å². The second-order valence-corrected chi connectivity index (χ2v) is 6.89. The van der Waals surface area contributed by atoms with Gasteiger partial charge in [0.1, 0.15) is 0 Å². The van der Waals surface area contributed by atoms with Crippen LogP contribution < -0.4 is 0 Å². The zero-order chi connectivity index (χ0) is 13.5. The predicted molar refractivity (Wildman–Crippen MR) is 80.5 cm³/mol. The normalized spacial score (nSPS) is 30.9. The van der Waals surface area contributed by atoms with Crippen molar-refractivity contribution in [1.82, 2.24) is 14.8 Å². The summed E-state index contributed by atoms with van der Waals surface area (Å²) >= 11 is 0. The lowest BCUT2D eigenvalue weighted by molar-refractivity contribution is 0.211. The number of pyridine rings is 1. The molecule has 1 aromatic heterocycles. The fourth-order valence-electron chi connectivity index (χ4n) is 4.12. The molecule has 0 aromatic carbocycles. The molecule has 3 heteroatoms. The summed E-state index contributed by atoms with van der Waals surface area (Å²) in [6, 6.07) is 8.02. The van der Waals surface area contributed by atoms with E-state index in [9.17, 15) is 0 Å². The maximum Gasteiger partial charge on any atom is 0.0547 e. The van der Waals surface area contributed by atoms with Gasteiger partial charge in [0.05, 0.1) is 5.69 Å². The Labute approximate surface area is 122 Å². The average molecular weight is 271 g/mol. The minimum absolute atomic E-state index is 0.788. The van der Waals surface area contributed by atoms with Crippen molar-refractivity contribution in [2.75, 3.05) is 19.6 Å². The van der Waals surface area contributed by atoms with Gasteiger partial charge in [-0.05, 0) is 50.7 Å². The van der Waals surface area contributed by atoms with E-state index in [2.05, 4.69) is 39.9 Å². The minimum Gasteiger partial charge on any atom is -0.298 e. The maximum atomic E-state index is 4.67. The second kappa shape index (κ2) is 5.12. The molecule has 0 N–H and O–H groups in total. The Balaban J connectivity index is 1.41. The molecule has 2 aliphatic heterocycles. The summed E-state index contributed by atoms with van der Waals surface area (Å²) in [4.78, 5) is 10.1. The van der Waals surface area contributed by atoms with Crippen molar-refractivity contribution in [3.8, 4) is 0 Å². The number of rotatable bonds is 4.